The molecule has 0 amide bonds. The van der Waals surface area contributed by atoms with Gasteiger partial charge in [-0.3, -0.25) is 0 Å². The Kier molecular flexibility index (Phi) is 3.17. The normalized spacial score (nSPS) is 17.1. The molecule has 2 aromatic heterocycles. The van der Waals surface area contributed by atoms with Gasteiger partial charge in [-0.25, -0.2) is 9.50 Å². The summed E-state index contributed by atoms with van der Waals surface area (Å²) < 4.78 is 1.93. The van der Waals surface area contributed by atoms with Gasteiger partial charge < -0.3 is 5.32 Å². The van der Waals surface area contributed by atoms with Gasteiger partial charge in [0, 0.05) is 18.4 Å². The van der Waals surface area contributed by atoms with Crippen LogP contribution in [0, 0.1) is 5.92 Å². The van der Waals surface area contributed by atoms with Gasteiger partial charge in [-0.15, -0.1) is 0 Å². The van der Waals surface area contributed by atoms with Gasteiger partial charge in [-0.05, 0) is 31.2 Å². The first-order valence-corrected chi connectivity index (χ1v) is 7.24. The third-order valence-corrected chi connectivity index (χ3v) is 3.77. The molecular formula is C15H22N4. The van der Waals surface area contributed by atoms with Crippen LogP contribution in [0.1, 0.15) is 51.6 Å². The largest absolute Gasteiger partial charge is 0.366 e. The number of fused-ring (bicyclic) bond motifs is 1. The molecule has 1 aliphatic rings. The molecule has 19 heavy (non-hydrogen) atoms. The van der Waals surface area contributed by atoms with E-state index < -0.39 is 0 Å². The SMILES string of the molecule is CC(CC1CC1)Nc1nccn2nc(C(C)C)cc12. The van der Waals surface area contributed by atoms with Crippen molar-refractivity contribution in [2.75, 3.05) is 5.32 Å². The van der Waals surface area contributed by atoms with E-state index in [0.29, 0.717) is 12.0 Å². The zero-order valence-electron chi connectivity index (χ0n) is 11.9. The Labute approximate surface area is 114 Å². The molecule has 4 nitrogen and oxygen atoms in total. The van der Waals surface area contributed by atoms with Crippen molar-refractivity contribution in [1.29, 1.82) is 0 Å². The van der Waals surface area contributed by atoms with Gasteiger partial charge in [-0.1, -0.05) is 26.7 Å². The van der Waals surface area contributed by atoms with Gasteiger partial charge in [0.2, 0.25) is 0 Å². The first kappa shape index (κ1) is 12.5. The highest BCUT2D eigenvalue weighted by Gasteiger charge is 2.24. The summed E-state index contributed by atoms with van der Waals surface area (Å²) in [5, 5.41) is 8.13. The van der Waals surface area contributed by atoms with Crippen LogP contribution in [0.4, 0.5) is 5.82 Å². The summed E-state index contributed by atoms with van der Waals surface area (Å²) >= 11 is 0. The second-order valence-electron chi connectivity index (χ2n) is 6.05. The average molecular weight is 258 g/mol. The Morgan fingerprint density at radius 1 is 1.37 bits per heavy atom. The fourth-order valence-electron chi connectivity index (χ4n) is 2.48. The van der Waals surface area contributed by atoms with Crippen LogP contribution < -0.4 is 5.32 Å². The summed E-state index contributed by atoms with van der Waals surface area (Å²) in [5.74, 6) is 2.32. The number of aromatic nitrogens is 3. The summed E-state index contributed by atoms with van der Waals surface area (Å²) in [4.78, 5) is 4.48. The van der Waals surface area contributed by atoms with Crippen LogP contribution in [-0.4, -0.2) is 20.6 Å². The first-order valence-electron chi connectivity index (χ1n) is 7.24. The minimum absolute atomic E-state index is 0.441. The highest BCUT2D eigenvalue weighted by Crippen LogP contribution is 2.34. The number of nitrogens with zero attached hydrogens (tertiary/aromatic N) is 3. The molecule has 0 bridgehead atoms. The number of hydrogen-bond acceptors (Lipinski definition) is 3. The van der Waals surface area contributed by atoms with Crippen LogP contribution in [0.15, 0.2) is 18.5 Å². The molecular weight excluding hydrogens is 236 g/mol. The third-order valence-electron chi connectivity index (χ3n) is 3.77. The van der Waals surface area contributed by atoms with E-state index >= 15 is 0 Å². The van der Waals surface area contributed by atoms with Gasteiger partial charge in [0.1, 0.15) is 5.52 Å². The van der Waals surface area contributed by atoms with Gasteiger partial charge in [0.15, 0.2) is 5.82 Å². The van der Waals surface area contributed by atoms with E-state index in [1.165, 1.54) is 19.3 Å². The van der Waals surface area contributed by atoms with E-state index in [4.69, 9.17) is 0 Å². The monoisotopic (exact) mass is 258 g/mol. The Morgan fingerprint density at radius 3 is 2.84 bits per heavy atom. The zero-order chi connectivity index (χ0) is 13.4. The van der Waals surface area contributed by atoms with Crippen LogP contribution in [0.25, 0.3) is 5.52 Å². The van der Waals surface area contributed by atoms with E-state index in [1.54, 1.807) is 0 Å². The predicted octanol–water partition coefficient (Wildman–Crippen LogP) is 3.45. The maximum atomic E-state index is 4.59. The van der Waals surface area contributed by atoms with Gasteiger partial charge in [-0.2, -0.15) is 5.10 Å². The number of rotatable bonds is 5. The van der Waals surface area contributed by atoms with E-state index in [2.05, 4.69) is 42.2 Å². The van der Waals surface area contributed by atoms with Crippen LogP contribution in [0.2, 0.25) is 0 Å². The molecule has 0 aromatic carbocycles. The van der Waals surface area contributed by atoms with Crippen molar-refractivity contribution < 1.29 is 0 Å². The molecule has 2 heterocycles. The lowest BCUT2D eigenvalue weighted by atomic mass is 10.1. The minimum atomic E-state index is 0.441. The van der Waals surface area contributed by atoms with Crippen molar-refractivity contribution in [3.63, 3.8) is 0 Å². The first-order chi connectivity index (χ1) is 9.13. The van der Waals surface area contributed by atoms with Crippen LogP contribution >= 0.6 is 0 Å². The molecule has 4 heteroatoms. The smallest absolute Gasteiger partial charge is 0.152 e. The predicted molar refractivity (Wildman–Crippen MR) is 77.5 cm³/mol. The quantitative estimate of drug-likeness (QED) is 0.893. The molecule has 0 aliphatic heterocycles. The summed E-state index contributed by atoms with van der Waals surface area (Å²) in [6, 6.07) is 2.62. The van der Waals surface area contributed by atoms with Crippen molar-refractivity contribution in [3.8, 4) is 0 Å². The topological polar surface area (TPSA) is 42.2 Å². The molecule has 3 rings (SSSR count). The van der Waals surface area contributed by atoms with Gasteiger partial charge >= 0.3 is 0 Å². The number of anilines is 1. The second-order valence-corrected chi connectivity index (χ2v) is 6.05. The zero-order valence-corrected chi connectivity index (χ0v) is 11.9. The van der Waals surface area contributed by atoms with E-state index in [-0.39, 0.29) is 0 Å². The maximum Gasteiger partial charge on any atom is 0.152 e. The Balaban J connectivity index is 1.84. The molecule has 1 atom stereocenters. The summed E-state index contributed by atoms with van der Waals surface area (Å²) in [5.41, 5.74) is 2.19. The summed E-state index contributed by atoms with van der Waals surface area (Å²) in [6.45, 7) is 6.57. The van der Waals surface area contributed by atoms with Crippen molar-refractivity contribution in [2.24, 2.45) is 5.92 Å². The van der Waals surface area contributed by atoms with Crippen LogP contribution in [-0.2, 0) is 0 Å². The standard InChI is InChI=1S/C15H22N4/c1-10(2)13-9-14-15(16-6-7-19(14)18-13)17-11(3)8-12-4-5-12/h6-7,9-12H,4-5,8H2,1-3H3,(H,16,17). The highest BCUT2D eigenvalue weighted by atomic mass is 15.2. The molecule has 0 spiro atoms. The fraction of sp³-hybridized carbons (Fsp3) is 0.600. The van der Waals surface area contributed by atoms with Gasteiger partial charge in [0.25, 0.3) is 0 Å². The minimum Gasteiger partial charge on any atom is -0.366 e. The van der Waals surface area contributed by atoms with Crippen molar-refractivity contribution in [3.05, 3.63) is 24.2 Å². The molecule has 1 aliphatic carbocycles. The molecule has 2 aromatic rings. The molecule has 0 radical (unpaired) electrons. The molecule has 1 N–H and O–H groups in total. The van der Waals surface area contributed by atoms with Crippen LogP contribution in [0.5, 0.6) is 0 Å². The molecule has 1 saturated carbocycles. The number of nitrogens with one attached hydrogen (secondary N) is 1. The van der Waals surface area contributed by atoms with Crippen molar-refractivity contribution >= 4 is 11.3 Å². The second kappa shape index (κ2) is 4.83. The number of hydrogen-bond donors (Lipinski definition) is 1. The Hall–Kier alpha value is -1.58. The Bertz CT molecular complexity index is 569. The molecule has 1 unspecified atom stereocenters. The Morgan fingerprint density at radius 2 is 2.16 bits per heavy atom. The highest BCUT2D eigenvalue weighted by molar-refractivity contribution is 5.68. The van der Waals surface area contributed by atoms with E-state index in [1.807, 2.05) is 16.9 Å². The molecule has 1 fully saturated rings. The lowest BCUT2D eigenvalue weighted by Gasteiger charge is -2.14. The van der Waals surface area contributed by atoms with Gasteiger partial charge in [0.05, 0.1) is 5.69 Å². The summed E-state index contributed by atoms with van der Waals surface area (Å²) in [7, 11) is 0. The van der Waals surface area contributed by atoms with E-state index in [9.17, 15) is 0 Å². The summed E-state index contributed by atoms with van der Waals surface area (Å²) in [6.07, 6.45) is 7.77. The lowest BCUT2D eigenvalue weighted by Crippen LogP contribution is -2.17. The van der Waals surface area contributed by atoms with E-state index in [0.717, 1.165) is 22.9 Å². The third kappa shape index (κ3) is 2.72. The van der Waals surface area contributed by atoms with Crippen LogP contribution in [0.3, 0.4) is 0 Å². The molecule has 102 valence electrons. The maximum absolute atomic E-state index is 4.59. The lowest BCUT2D eigenvalue weighted by molar-refractivity contribution is 0.640. The fourth-order valence-corrected chi connectivity index (χ4v) is 2.48. The van der Waals surface area contributed by atoms with Crippen molar-refractivity contribution in [2.45, 2.75) is 52.0 Å². The van der Waals surface area contributed by atoms with Crippen molar-refractivity contribution in [1.82, 2.24) is 14.6 Å². The average Bonchev–Trinajstić information content (AvgIpc) is 3.05. The molecule has 0 saturated heterocycles.